The molecule has 0 atom stereocenters. The van der Waals surface area contributed by atoms with Gasteiger partial charge in [0.2, 0.25) is 0 Å². The lowest BCUT2D eigenvalue weighted by Crippen LogP contribution is -2.33. The SMILES string of the molecule is CCOCCCNC(N)=NCC1CCC(C)(C)CC1. The molecule has 0 bridgehead atoms. The van der Waals surface area contributed by atoms with E-state index in [4.69, 9.17) is 10.5 Å². The molecule has 4 nitrogen and oxygen atoms in total. The molecule has 0 heterocycles. The fraction of sp³-hybridized carbons (Fsp3) is 0.933. The second-order valence-corrected chi connectivity index (χ2v) is 6.31. The third kappa shape index (κ3) is 7.41. The Hall–Kier alpha value is -0.770. The summed E-state index contributed by atoms with van der Waals surface area (Å²) >= 11 is 0. The standard InChI is InChI=1S/C15H31N3O/c1-4-19-11-5-10-17-14(16)18-12-13-6-8-15(2,3)9-7-13/h13H,4-12H2,1-3H3,(H3,16,17,18). The summed E-state index contributed by atoms with van der Waals surface area (Å²) in [6.07, 6.45) is 6.17. The first-order valence-corrected chi connectivity index (χ1v) is 7.65. The van der Waals surface area contributed by atoms with Crippen molar-refractivity contribution in [1.82, 2.24) is 5.32 Å². The van der Waals surface area contributed by atoms with E-state index in [1.54, 1.807) is 0 Å². The Morgan fingerprint density at radius 3 is 2.68 bits per heavy atom. The van der Waals surface area contributed by atoms with E-state index in [1.807, 2.05) is 6.92 Å². The molecule has 0 aromatic rings. The minimum Gasteiger partial charge on any atom is -0.382 e. The first-order chi connectivity index (χ1) is 9.03. The lowest BCUT2D eigenvalue weighted by atomic mass is 9.73. The number of ether oxygens (including phenoxy) is 1. The summed E-state index contributed by atoms with van der Waals surface area (Å²) in [7, 11) is 0. The van der Waals surface area contributed by atoms with Gasteiger partial charge in [-0.3, -0.25) is 4.99 Å². The van der Waals surface area contributed by atoms with E-state index in [0.29, 0.717) is 11.4 Å². The molecule has 0 amide bonds. The Bertz CT molecular complexity index is 267. The Labute approximate surface area is 118 Å². The quantitative estimate of drug-likeness (QED) is 0.424. The number of aliphatic imine (C=N–C) groups is 1. The molecule has 112 valence electrons. The van der Waals surface area contributed by atoms with Crippen LogP contribution in [-0.4, -0.2) is 32.3 Å². The Balaban J connectivity index is 2.11. The maximum absolute atomic E-state index is 5.86. The van der Waals surface area contributed by atoms with E-state index < -0.39 is 0 Å². The molecule has 0 aliphatic heterocycles. The Kier molecular flexibility index (Phi) is 7.21. The lowest BCUT2D eigenvalue weighted by molar-refractivity contribution is 0.145. The van der Waals surface area contributed by atoms with E-state index in [0.717, 1.165) is 38.6 Å². The van der Waals surface area contributed by atoms with Gasteiger partial charge < -0.3 is 15.8 Å². The molecule has 0 radical (unpaired) electrons. The predicted molar refractivity (Wildman–Crippen MR) is 81.3 cm³/mol. The zero-order valence-electron chi connectivity index (χ0n) is 12.9. The molecule has 0 aromatic heterocycles. The van der Waals surface area contributed by atoms with Gasteiger partial charge in [0.1, 0.15) is 0 Å². The molecule has 19 heavy (non-hydrogen) atoms. The van der Waals surface area contributed by atoms with Crippen molar-refractivity contribution in [2.24, 2.45) is 22.1 Å². The van der Waals surface area contributed by atoms with Crippen LogP contribution in [0.3, 0.4) is 0 Å². The summed E-state index contributed by atoms with van der Waals surface area (Å²) in [6.45, 7) is 10.0. The van der Waals surface area contributed by atoms with Crippen molar-refractivity contribution in [1.29, 1.82) is 0 Å². The van der Waals surface area contributed by atoms with Crippen LogP contribution in [0.25, 0.3) is 0 Å². The van der Waals surface area contributed by atoms with Crippen molar-refractivity contribution in [2.75, 3.05) is 26.3 Å². The number of rotatable bonds is 7. The molecule has 1 fully saturated rings. The van der Waals surface area contributed by atoms with Crippen LogP contribution in [0, 0.1) is 11.3 Å². The van der Waals surface area contributed by atoms with Crippen LogP contribution < -0.4 is 11.1 Å². The average Bonchev–Trinajstić information content (AvgIpc) is 2.37. The predicted octanol–water partition coefficient (Wildman–Crippen LogP) is 2.53. The van der Waals surface area contributed by atoms with Gasteiger partial charge in [0, 0.05) is 26.3 Å². The first-order valence-electron chi connectivity index (χ1n) is 7.65. The number of nitrogens with two attached hydrogens (primary N) is 1. The maximum atomic E-state index is 5.86. The third-order valence-electron chi connectivity index (χ3n) is 3.95. The fourth-order valence-corrected chi connectivity index (χ4v) is 2.46. The highest BCUT2D eigenvalue weighted by atomic mass is 16.5. The average molecular weight is 269 g/mol. The van der Waals surface area contributed by atoms with Crippen molar-refractivity contribution in [3.8, 4) is 0 Å². The highest BCUT2D eigenvalue weighted by molar-refractivity contribution is 5.77. The summed E-state index contributed by atoms with van der Waals surface area (Å²) in [4.78, 5) is 4.46. The van der Waals surface area contributed by atoms with Crippen LogP contribution in [0.15, 0.2) is 4.99 Å². The van der Waals surface area contributed by atoms with Crippen LogP contribution >= 0.6 is 0 Å². The molecule has 1 aliphatic carbocycles. The minimum atomic E-state index is 0.531. The first kappa shape index (κ1) is 16.3. The van der Waals surface area contributed by atoms with Crippen molar-refractivity contribution in [3.05, 3.63) is 0 Å². The second-order valence-electron chi connectivity index (χ2n) is 6.31. The van der Waals surface area contributed by atoms with Crippen LogP contribution in [-0.2, 0) is 4.74 Å². The molecule has 4 heteroatoms. The number of nitrogens with zero attached hydrogens (tertiary/aromatic N) is 1. The van der Waals surface area contributed by atoms with Gasteiger partial charge in [-0.1, -0.05) is 13.8 Å². The van der Waals surface area contributed by atoms with Crippen molar-refractivity contribution < 1.29 is 4.74 Å². The fourth-order valence-electron chi connectivity index (χ4n) is 2.46. The summed E-state index contributed by atoms with van der Waals surface area (Å²) in [6, 6.07) is 0. The highest BCUT2D eigenvalue weighted by Gasteiger charge is 2.26. The third-order valence-corrected chi connectivity index (χ3v) is 3.95. The van der Waals surface area contributed by atoms with Crippen LogP contribution in [0.1, 0.15) is 52.9 Å². The van der Waals surface area contributed by atoms with Crippen molar-refractivity contribution >= 4 is 5.96 Å². The van der Waals surface area contributed by atoms with Gasteiger partial charge in [-0.25, -0.2) is 0 Å². The molecule has 3 N–H and O–H groups in total. The molecule has 1 rings (SSSR count). The second kappa shape index (κ2) is 8.41. The zero-order valence-corrected chi connectivity index (χ0v) is 12.9. The summed E-state index contributed by atoms with van der Waals surface area (Å²) in [5, 5.41) is 3.15. The molecule has 1 aliphatic rings. The van der Waals surface area contributed by atoms with Gasteiger partial charge in [0.25, 0.3) is 0 Å². The summed E-state index contributed by atoms with van der Waals surface area (Å²) in [5.41, 5.74) is 6.39. The normalized spacial score (nSPS) is 20.5. The smallest absolute Gasteiger partial charge is 0.188 e. The molecule has 0 unspecified atom stereocenters. The number of hydrogen-bond donors (Lipinski definition) is 2. The summed E-state index contributed by atoms with van der Waals surface area (Å²) < 4.78 is 5.27. The molecule has 0 saturated heterocycles. The number of hydrogen-bond acceptors (Lipinski definition) is 2. The van der Waals surface area contributed by atoms with Gasteiger partial charge in [0.15, 0.2) is 5.96 Å². The maximum Gasteiger partial charge on any atom is 0.188 e. The van der Waals surface area contributed by atoms with Crippen LogP contribution in [0.5, 0.6) is 0 Å². The van der Waals surface area contributed by atoms with Crippen molar-refractivity contribution in [2.45, 2.75) is 52.9 Å². The Morgan fingerprint density at radius 2 is 2.05 bits per heavy atom. The van der Waals surface area contributed by atoms with Gasteiger partial charge in [0.05, 0.1) is 0 Å². The van der Waals surface area contributed by atoms with E-state index in [9.17, 15) is 0 Å². The van der Waals surface area contributed by atoms with Gasteiger partial charge >= 0.3 is 0 Å². The van der Waals surface area contributed by atoms with E-state index in [2.05, 4.69) is 24.2 Å². The van der Waals surface area contributed by atoms with E-state index in [1.165, 1.54) is 25.7 Å². The minimum absolute atomic E-state index is 0.531. The largest absolute Gasteiger partial charge is 0.382 e. The highest BCUT2D eigenvalue weighted by Crippen LogP contribution is 2.37. The number of nitrogens with one attached hydrogen (secondary N) is 1. The molecule has 1 saturated carbocycles. The summed E-state index contributed by atoms with van der Waals surface area (Å²) in [5.74, 6) is 1.30. The van der Waals surface area contributed by atoms with Crippen LogP contribution in [0.2, 0.25) is 0 Å². The topological polar surface area (TPSA) is 59.6 Å². The van der Waals surface area contributed by atoms with Gasteiger partial charge in [-0.2, -0.15) is 0 Å². The molecular weight excluding hydrogens is 238 g/mol. The van der Waals surface area contributed by atoms with Crippen LogP contribution in [0.4, 0.5) is 0 Å². The van der Waals surface area contributed by atoms with Gasteiger partial charge in [-0.05, 0) is 50.4 Å². The monoisotopic (exact) mass is 269 g/mol. The van der Waals surface area contributed by atoms with Gasteiger partial charge in [-0.15, -0.1) is 0 Å². The van der Waals surface area contributed by atoms with Crippen molar-refractivity contribution in [3.63, 3.8) is 0 Å². The number of guanidine groups is 1. The lowest BCUT2D eigenvalue weighted by Gasteiger charge is -2.33. The van der Waals surface area contributed by atoms with E-state index >= 15 is 0 Å². The Morgan fingerprint density at radius 1 is 1.37 bits per heavy atom. The molecule has 0 spiro atoms. The zero-order chi connectivity index (χ0) is 14.1. The molecular formula is C15H31N3O. The van der Waals surface area contributed by atoms with E-state index in [-0.39, 0.29) is 0 Å². The molecule has 0 aromatic carbocycles.